The average molecular weight is 431 g/mol. The number of fused-ring (bicyclic) bond motifs is 3. The molecule has 3 aromatic carbocycles. The summed E-state index contributed by atoms with van der Waals surface area (Å²) in [5.74, 6) is -1.16. The van der Waals surface area contributed by atoms with E-state index in [0.29, 0.717) is 5.56 Å². The molecule has 6 heteroatoms. The minimum absolute atomic E-state index is 0.00823. The maximum atomic E-state index is 14.1. The Kier molecular flexibility index (Phi) is 6.31. The Labute approximate surface area is 185 Å². The SMILES string of the molecule is COC(=O)c1ccc(C=CCNC(=O)OCC2c3ccccc3-c3ccccc32)c(F)c1. The zero-order valence-corrected chi connectivity index (χ0v) is 17.5. The number of methoxy groups -OCH3 is 1. The van der Waals surface area contributed by atoms with Gasteiger partial charge in [0.2, 0.25) is 0 Å². The molecule has 0 spiro atoms. The minimum Gasteiger partial charge on any atom is -0.465 e. The third-order valence-corrected chi connectivity index (χ3v) is 5.43. The molecule has 0 bridgehead atoms. The van der Waals surface area contributed by atoms with Gasteiger partial charge in [0.15, 0.2) is 0 Å². The van der Waals surface area contributed by atoms with E-state index >= 15 is 0 Å². The highest BCUT2D eigenvalue weighted by atomic mass is 19.1. The van der Waals surface area contributed by atoms with Gasteiger partial charge >= 0.3 is 12.1 Å². The van der Waals surface area contributed by atoms with E-state index in [-0.39, 0.29) is 24.6 Å². The Hall–Kier alpha value is -3.93. The summed E-state index contributed by atoms with van der Waals surface area (Å²) in [6, 6.07) is 20.3. The number of hydrogen-bond acceptors (Lipinski definition) is 4. The van der Waals surface area contributed by atoms with Crippen LogP contribution in [-0.2, 0) is 9.47 Å². The first kappa shape index (κ1) is 21.3. The summed E-state index contributed by atoms with van der Waals surface area (Å²) >= 11 is 0. The van der Waals surface area contributed by atoms with Gasteiger partial charge in [-0.05, 0) is 34.4 Å². The predicted octanol–water partition coefficient (Wildman–Crippen LogP) is 5.16. The molecular formula is C26H22FNO4. The van der Waals surface area contributed by atoms with Crippen molar-refractivity contribution < 1.29 is 23.5 Å². The molecule has 0 saturated heterocycles. The Balaban J connectivity index is 1.31. The van der Waals surface area contributed by atoms with Crippen LogP contribution in [0.5, 0.6) is 0 Å². The fraction of sp³-hybridized carbons (Fsp3) is 0.154. The Morgan fingerprint density at radius 2 is 1.66 bits per heavy atom. The molecule has 0 fully saturated rings. The number of hydrogen-bond donors (Lipinski definition) is 1. The maximum Gasteiger partial charge on any atom is 0.407 e. The van der Waals surface area contributed by atoms with Crippen LogP contribution in [0.15, 0.2) is 72.8 Å². The first-order valence-corrected chi connectivity index (χ1v) is 10.2. The zero-order chi connectivity index (χ0) is 22.5. The highest BCUT2D eigenvalue weighted by Gasteiger charge is 2.28. The van der Waals surface area contributed by atoms with E-state index in [1.807, 2.05) is 24.3 Å². The lowest BCUT2D eigenvalue weighted by atomic mass is 9.98. The molecule has 0 unspecified atom stereocenters. The van der Waals surface area contributed by atoms with E-state index in [1.165, 1.54) is 36.4 Å². The first-order valence-electron chi connectivity index (χ1n) is 10.2. The number of amides is 1. The number of halogens is 1. The molecule has 3 aromatic rings. The van der Waals surface area contributed by atoms with Gasteiger partial charge in [0, 0.05) is 18.0 Å². The molecule has 0 atom stereocenters. The number of carbonyl (C=O) groups is 2. The number of ether oxygens (including phenoxy) is 2. The molecular weight excluding hydrogens is 409 g/mol. The summed E-state index contributed by atoms with van der Waals surface area (Å²) in [6.45, 7) is 0.405. The number of carbonyl (C=O) groups excluding carboxylic acids is 2. The van der Waals surface area contributed by atoms with Crippen LogP contribution in [0, 0.1) is 5.82 Å². The van der Waals surface area contributed by atoms with Crippen LogP contribution in [0.2, 0.25) is 0 Å². The maximum absolute atomic E-state index is 14.1. The minimum atomic E-state index is -0.601. The molecule has 162 valence electrons. The number of nitrogens with one attached hydrogen (secondary N) is 1. The molecule has 4 rings (SSSR count). The van der Waals surface area contributed by atoms with Gasteiger partial charge in [0.25, 0.3) is 0 Å². The van der Waals surface area contributed by atoms with Crippen LogP contribution in [0.1, 0.15) is 33.0 Å². The lowest BCUT2D eigenvalue weighted by Crippen LogP contribution is -2.26. The van der Waals surface area contributed by atoms with Crippen LogP contribution in [-0.4, -0.2) is 32.3 Å². The molecule has 0 radical (unpaired) electrons. The fourth-order valence-electron chi connectivity index (χ4n) is 3.88. The lowest BCUT2D eigenvalue weighted by Gasteiger charge is -2.14. The van der Waals surface area contributed by atoms with E-state index in [0.717, 1.165) is 17.2 Å². The van der Waals surface area contributed by atoms with Crippen LogP contribution in [0.4, 0.5) is 9.18 Å². The van der Waals surface area contributed by atoms with Crippen molar-refractivity contribution in [1.29, 1.82) is 0 Å². The summed E-state index contributed by atoms with van der Waals surface area (Å²) in [7, 11) is 1.24. The van der Waals surface area contributed by atoms with Crippen LogP contribution >= 0.6 is 0 Å². The normalized spacial score (nSPS) is 12.3. The summed E-state index contributed by atoms with van der Waals surface area (Å²) in [6.07, 6.45) is 2.59. The summed E-state index contributed by atoms with van der Waals surface area (Å²) in [4.78, 5) is 23.6. The third kappa shape index (κ3) is 4.39. The van der Waals surface area contributed by atoms with Crippen molar-refractivity contribution in [3.05, 3.63) is 101 Å². The van der Waals surface area contributed by atoms with Gasteiger partial charge in [-0.1, -0.05) is 66.7 Å². The van der Waals surface area contributed by atoms with Gasteiger partial charge < -0.3 is 14.8 Å². The van der Waals surface area contributed by atoms with Crippen LogP contribution < -0.4 is 5.32 Å². The molecule has 0 aliphatic heterocycles. The van der Waals surface area contributed by atoms with E-state index in [2.05, 4.69) is 34.3 Å². The van der Waals surface area contributed by atoms with Crippen molar-refractivity contribution in [2.45, 2.75) is 5.92 Å². The van der Waals surface area contributed by atoms with Gasteiger partial charge in [-0.2, -0.15) is 0 Å². The monoisotopic (exact) mass is 431 g/mol. The van der Waals surface area contributed by atoms with Crippen molar-refractivity contribution >= 4 is 18.1 Å². The molecule has 1 aliphatic rings. The number of esters is 1. The van der Waals surface area contributed by atoms with Gasteiger partial charge in [-0.3, -0.25) is 0 Å². The van der Waals surface area contributed by atoms with Crippen LogP contribution in [0.3, 0.4) is 0 Å². The van der Waals surface area contributed by atoms with Crippen molar-refractivity contribution in [2.75, 3.05) is 20.3 Å². The van der Waals surface area contributed by atoms with E-state index in [1.54, 1.807) is 6.08 Å². The van der Waals surface area contributed by atoms with E-state index in [4.69, 9.17) is 4.74 Å². The van der Waals surface area contributed by atoms with Gasteiger partial charge in [-0.15, -0.1) is 0 Å². The second kappa shape index (κ2) is 9.47. The van der Waals surface area contributed by atoms with Gasteiger partial charge in [-0.25, -0.2) is 14.0 Å². The molecule has 1 aliphatic carbocycles. The standard InChI is InChI=1S/C26H22FNO4/c1-31-25(29)18-13-12-17(24(27)15-18)7-6-14-28-26(30)32-16-23-21-10-4-2-8-19(21)20-9-3-5-11-22(20)23/h2-13,15,23H,14,16H2,1H3,(H,28,30). The average Bonchev–Trinajstić information content (AvgIpc) is 3.14. The molecule has 0 aromatic heterocycles. The molecule has 32 heavy (non-hydrogen) atoms. The molecule has 1 amide bonds. The molecule has 0 heterocycles. The van der Waals surface area contributed by atoms with Crippen molar-refractivity contribution in [1.82, 2.24) is 5.32 Å². The smallest absolute Gasteiger partial charge is 0.407 e. The highest BCUT2D eigenvalue weighted by molar-refractivity contribution is 5.89. The van der Waals surface area contributed by atoms with Crippen LogP contribution in [0.25, 0.3) is 17.2 Å². The topological polar surface area (TPSA) is 64.6 Å². The largest absolute Gasteiger partial charge is 0.465 e. The fourth-order valence-corrected chi connectivity index (χ4v) is 3.88. The quantitative estimate of drug-likeness (QED) is 0.548. The highest BCUT2D eigenvalue weighted by Crippen LogP contribution is 2.44. The van der Waals surface area contributed by atoms with Gasteiger partial charge in [0.1, 0.15) is 12.4 Å². The molecule has 5 nitrogen and oxygen atoms in total. The van der Waals surface area contributed by atoms with Crippen molar-refractivity contribution in [3.8, 4) is 11.1 Å². The van der Waals surface area contributed by atoms with Crippen molar-refractivity contribution in [2.24, 2.45) is 0 Å². The third-order valence-electron chi connectivity index (χ3n) is 5.43. The Bertz CT molecular complexity index is 1140. The Morgan fingerprint density at radius 1 is 1.00 bits per heavy atom. The summed E-state index contributed by atoms with van der Waals surface area (Å²) in [5.41, 5.74) is 5.06. The summed E-state index contributed by atoms with van der Waals surface area (Å²) in [5, 5.41) is 2.64. The zero-order valence-electron chi connectivity index (χ0n) is 17.5. The molecule has 0 saturated carbocycles. The summed E-state index contributed by atoms with van der Waals surface area (Å²) < 4.78 is 24.1. The number of rotatable bonds is 6. The molecule has 1 N–H and O–H groups in total. The Morgan fingerprint density at radius 3 is 2.28 bits per heavy atom. The lowest BCUT2D eigenvalue weighted by molar-refractivity contribution is 0.0600. The van der Waals surface area contributed by atoms with E-state index < -0.39 is 17.9 Å². The number of benzene rings is 3. The number of alkyl carbamates (subject to hydrolysis) is 1. The van der Waals surface area contributed by atoms with E-state index in [9.17, 15) is 14.0 Å². The van der Waals surface area contributed by atoms with Gasteiger partial charge in [0.05, 0.1) is 12.7 Å². The first-order chi connectivity index (χ1) is 15.6. The second-order valence-electron chi connectivity index (χ2n) is 7.34. The second-order valence-corrected chi connectivity index (χ2v) is 7.34. The van der Waals surface area contributed by atoms with Crippen molar-refractivity contribution in [3.63, 3.8) is 0 Å². The predicted molar refractivity (Wildman–Crippen MR) is 120 cm³/mol.